The van der Waals surface area contributed by atoms with Crippen molar-refractivity contribution in [2.75, 3.05) is 0 Å². The van der Waals surface area contributed by atoms with Crippen LogP contribution in [0.25, 0.3) is 0 Å². The number of rotatable bonds is 3. The zero-order valence-electron chi connectivity index (χ0n) is 10.7. The smallest absolute Gasteiger partial charge is 0.309 e. The van der Waals surface area contributed by atoms with E-state index in [4.69, 9.17) is 0 Å². The fourth-order valence-electron chi connectivity index (χ4n) is 3.05. The Labute approximate surface area is 107 Å². The molecule has 2 N–H and O–H groups in total. The van der Waals surface area contributed by atoms with Crippen LogP contribution >= 0.6 is 0 Å². The molecule has 0 aliphatic heterocycles. The van der Waals surface area contributed by atoms with Crippen molar-refractivity contribution in [1.29, 1.82) is 0 Å². The molecule has 1 fully saturated rings. The second kappa shape index (κ2) is 5.11. The van der Waals surface area contributed by atoms with Gasteiger partial charge in [0.05, 0.1) is 11.5 Å². The van der Waals surface area contributed by atoms with Crippen molar-refractivity contribution in [3.05, 3.63) is 35.9 Å². The molecule has 3 heteroatoms. The van der Waals surface area contributed by atoms with Gasteiger partial charge in [0.1, 0.15) is 0 Å². The number of carboxylic acid groups (broad SMARTS) is 1. The molecule has 2 rings (SSSR count). The van der Waals surface area contributed by atoms with Crippen molar-refractivity contribution in [3.63, 3.8) is 0 Å². The van der Waals surface area contributed by atoms with E-state index >= 15 is 0 Å². The van der Waals surface area contributed by atoms with Gasteiger partial charge >= 0.3 is 5.97 Å². The summed E-state index contributed by atoms with van der Waals surface area (Å²) in [6.07, 6.45) is 3.38. The maximum Gasteiger partial charge on any atom is 0.309 e. The summed E-state index contributed by atoms with van der Waals surface area (Å²) in [5, 5.41) is 20.0. The van der Waals surface area contributed by atoms with Crippen LogP contribution in [-0.2, 0) is 4.79 Å². The molecular weight excluding hydrogens is 228 g/mol. The highest BCUT2D eigenvalue weighted by molar-refractivity contribution is 5.71. The van der Waals surface area contributed by atoms with Gasteiger partial charge in [0, 0.05) is 5.92 Å². The lowest BCUT2D eigenvalue weighted by molar-refractivity contribution is -0.155. The largest absolute Gasteiger partial charge is 0.481 e. The summed E-state index contributed by atoms with van der Waals surface area (Å²) in [4.78, 5) is 11.2. The molecule has 98 valence electrons. The van der Waals surface area contributed by atoms with Gasteiger partial charge in [-0.25, -0.2) is 0 Å². The monoisotopic (exact) mass is 248 g/mol. The van der Waals surface area contributed by atoms with Gasteiger partial charge in [-0.05, 0) is 25.3 Å². The Morgan fingerprint density at radius 2 is 2.00 bits per heavy atom. The van der Waals surface area contributed by atoms with E-state index in [1.165, 1.54) is 0 Å². The maximum absolute atomic E-state index is 11.2. The first-order valence-corrected chi connectivity index (χ1v) is 6.56. The molecule has 0 spiro atoms. The van der Waals surface area contributed by atoms with Crippen molar-refractivity contribution >= 4 is 5.97 Å². The summed E-state index contributed by atoms with van der Waals surface area (Å²) in [5.41, 5.74) is -0.0707. The maximum atomic E-state index is 11.2. The molecule has 1 aliphatic rings. The number of hydrogen-bond acceptors (Lipinski definition) is 2. The van der Waals surface area contributed by atoms with Crippen molar-refractivity contribution in [2.24, 2.45) is 5.92 Å². The first kappa shape index (κ1) is 13.1. The Morgan fingerprint density at radius 3 is 2.61 bits per heavy atom. The van der Waals surface area contributed by atoms with Crippen LogP contribution in [0.4, 0.5) is 0 Å². The standard InChI is InChI=1S/C15H20O3/c1-11(14(16)17)15(18)10-6-5-9-13(15)12-7-3-2-4-8-12/h2-4,7-8,11,13,18H,5-6,9-10H2,1H3,(H,16,17). The SMILES string of the molecule is CC(C(=O)O)C1(O)CCCCC1c1ccccc1. The van der Waals surface area contributed by atoms with E-state index in [9.17, 15) is 15.0 Å². The number of aliphatic carboxylic acids is 1. The lowest BCUT2D eigenvalue weighted by Gasteiger charge is -2.43. The Kier molecular flexibility index (Phi) is 3.71. The minimum atomic E-state index is -1.12. The number of aliphatic hydroxyl groups is 1. The minimum Gasteiger partial charge on any atom is -0.481 e. The zero-order chi connectivity index (χ0) is 13.2. The van der Waals surface area contributed by atoms with Crippen LogP contribution in [0.2, 0.25) is 0 Å². The van der Waals surface area contributed by atoms with Crippen LogP contribution in [0.5, 0.6) is 0 Å². The molecule has 0 amide bonds. The fraction of sp³-hybridized carbons (Fsp3) is 0.533. The van der Waals surface area contributed by atoms with Crippen molar-refractivity contribution in [2.45, 2.75) is 44.1 Å². The summed E-state index contributed by atoms with van der Waals surface area (Å²) in [5.74, 6) is -1.72. The van der Waals surface area contributed by atoms with E-state index in [2.05, 4.69) is 0 Å². The molecule has 1 aliphatic carbocycles. The van der Waals surface area contributed by atoms with Gasteiger partial charge in [-0.2, -0.15) is 0 Å². The normalized spacial score (nSPS) is 29.8. The molecule has 1 saturated carbocycles. The Hall–Kier alpha value is -1.35. The summed E-state index contributed by atoms with van der Waals surface area (Å²) in [7, 11) is 0. The van der Waals surface area contributed by atoms with Crippen LogP contribution in [0.1, 0.15) is 44.1 Å². The van der Waals surface area contributed by atoms with E-state index in [1.807, 2.05) is 30.3 Å². The summed E-state index contributed by atoms with van der Waals surface area (Å²) in [6.45, 7) is 1.61. The molecule has 3 unspecified atom stereocenters. The van der Waals surface area contributed by atoms with Gasteiger partial charge < -0.3 is 10.2 Å². The first-order chi connectivity index (χ1) is 8.55. The van der Waals surface area contributed by atoms with E-state index in [0.717, 1.165) is 24.8 Å². The number of hydrogen-bond donors (Lipinski definition) is 2. The molecule has 0 aromatic heterocycles. The molecule has 3 atom stereocenters. The molecule has 0 heterocycles. The van der Waals surface area contributed by atoms with Gasteiger partial charge in [0.15, 0.2) is 0 Å². The second-order valence-corrected chi connectivity index (χ2v) is 5.26. The van der Waals surface area contributed by atoms with E-state index in [1.54, 1.807) is 6.92 Å². The van der Waals surface area contributed by atoms with Crippen LogP contribution in [-0.4, -0.2) is 21.8 Å². The Balaban J connectivity index is 2.34. The molecule has 1 aromatic carbocycles. The second-order valence-electron chi connectivity index (χ2n) is 5.26. The van der Waals surface area contributed by atoms with Gasteiger partial charge in [0.2, 0.25) is 0 Å². The number of carbonyl (C=O) groups is 1. The number of carboxylic acids is 1. The highest BCUT2D eigenvalue weighted by atomic mass is 16.4. The predicted molar refractivity (Wildman–Crippen MR) is 69.4 cm³/mol. The van der Waals surface area contributed by atoms with Crippen LogP contribution < -0.4 is 0 Å². The van der Waals surface area contributed by atoms with Crippen molar-refractivity contribution in [1.82, 2.24) is 0 Å². The topological polar surface area (TPSA) is 57.5 Å². The van der Waals surface area contributed by atoms with Gasteiger partial charge in [-0.15, -0.1) is 0 Å². The van der Waals surface area contributed by atoms with E-state index < -0.39 is 17.5 Å². The van der Waals surface area contributed by atoms with Crippen LogP contribution in [0.3, 0.4) is 0 Å². The molecule has 1 aromatic rings. The third kappa shape index (κ3) is 2.27. The van der Waals surface area contributed by atoms with Crippen LogP contribution in [0, 0.1) is 5.92 Å². The molecule has 0 radical (unpaired) electrons. The number of benzene rings is 1. The zero-order valence-corrected chi connectivity index (χ0v) is 10.7. The van der Waals surface area contributed by atoms with Crippen molar-refractivity contribution in [3.8, 4) is 0 Å². The quantitative estimate of drug-likeness (QED) is 0.864. The van der Waals surface area contributed by atoms with Gasteiger partial charge in [-0.1, -0.05) is 43.2 Å². The van der Waals surface area contributed by atoms with Gasteiger partial charge in [-0.3, -0.25) is 4.79 Å². The average molecular weight is 248 g/mol. The fourth-order valence-corrected chi connectivity index (χ4v) is 3.05. The molecule has 0 saturated heterocycles. The summed E-state index contributed by atoms with van der Waals surface area (Å²) < 4.78 is 0. The molecule has 18 heavy (non-hydrogen) atoms. The third-order valence-corrected chi connectivity index (χ3v) is 4.25. The van der Waals surface area contributed by atoms with Crippen molar-refractivity contribution < 1.29 is 15.0 Å². The van der Waals surface area contributed by atoms with Crippen LogP contribution in [0.15, 0.2) is 30.3 Å². The molecule has 3 nitrogen and oxygen atoms in total. The van der Waals surface area contributed by atoms with Gasteiger partial charge in [0.25, 0.3) is 0 Å². The van der Waals surface area contributed by atoms with E-state index in [0.29, 0.717) is 6.42 Å². The molecular formula is C15H20O3. The molecule has 0 bridgehead atoms. The summed E-state index contributed by atoms with van der Waals surface area (Å²) >= 11 is 0. The lowest BCUT2D eigenvalue weighted by atomic mass is 9.66. The highest BCUT2D eigenvalue weighted by Crippen LogP contribution is 2.45. The summed E-state index contributed by atoms with van der Waals surface area (Å²) in [6, 6.07) is 9.78. The first-order valence-electron chi connectivity index (χ1n) is 6.56. The lowest BCUT2D eigenvalue weighted by Crippen LogP contribution is -2.47. The third-order valence-electron chi connectivity index (χ3n) is 4.25. The Bertz CT molecular complexity index is 415. The Morgan fingerprint density at radius 1 is 1.33 bits per heavy atom. The predicted octanol–water partition coefficient (Wildman–Crippen LogP) is 2.80. The minimum absolute atomic E-state index is 0.0708. The average Bonchev–Trinajstić information content (AvgIpc) is 2.39. The highest BCUT2D eigenvalue weighted by Gasteiger charge is 2.46. The van der Waals surface area contributed by atoms with E-state index in [-0.39, 0.29) is 5.92 Å².